The number of nitrogens with zero attached hydrogens (tertiary/aromatic N) is 1. The normalized spacial score (nSPS) is 16.9. The van der Waals surface area contributed by atoms with Crippen molar-refractivity contribution in [1.29, 1.82) is 0 Å². The summed E-state index contributed by atoms with van der Waals surface area (Å²) in [7, 11) is 0. The Hall–Kier alpha value is -2.40. The van der Waals surface area contributed by atoms with Gasteiger partial charge in [-0.2, -0.15) is 0 Å². The first-order valence-corrected chi connectivity index (χ1v) is 7.07. The molecule has 2 aromatic rings. The highest BCUT2D eigenvalue weighted by atomic mass is 16.1. The van der Waals surface area contributed by atoms with Crippen LogP contribution in [-0.2, 0) is 12.8 Å². The Balaban J connectivity index is 1.72. The molecule has 1 unspecified atom stereocenters. The molecule has 0 aliphatic heterocycles. The number of amides is 1. The number of hydrogen-bond donors (Lipinski definition) is 3. The van der Waals surface area contributed by atoms with Crippen molar-refractivity contribution in [3.05, 3.63) is 59.3 Å². The van der Waals surface area contributed by atoms with Gasteiger partial charge in [-0.25, -0.2) is 10.8 Å². The number of fused-ring (bicyclic) bond motifs is 1. The van der Waals surface area contributed by atoms with Crippen molar-refractivity contribution in [1.82, 2.24) is 10.3 Å². The number of nitrogens with two attached hydrogens (primary N) is 1. The highest BCUT2D eigenvalue weighted by Crippen LogP contribution is 2.21. The van der Waals surface area contributed by atoms with Crippen molar-refractivity contribution in [3.63, 3.8) is 0 Å². The molecule has 0 radical (unpaired) electrons. The number of nitrogens with one attached hydrogen (secondary N) is 2. The molecule has 21 heavy (non-hydrogen) atoms. The van der Waals surface area contributed by atoms with Crippen LogP contribution >= 0.6 is 0 Å². The minimum absolute atomic E-state index is 0.138. The van der Waals surface area contributed by atoms with Crippen molar-refractivity contribution in [2.45, 2.75) is 25.3 Å². The Morgan fingerprint density at radius 2 is 2.00 bits per heavy atom. The Morgan fingerprint density at radius 1 is 1.19 bits per heavy atom. The predicted octanol–water partition coefficient (Wildman–Crippen LogP) is 1.65. The van der Waals surface area contributed by atoms with Crippen molar-refractivity contribution in [2.75, 3.05) is 5.43 Å². The summed E-state index contributed by atoms with van der Waals surface area (Å²) in [5, 5.41) is 3.08. The van der Waals surface area contributed by atoms with Crippen LogP contribution in [0.25, 0.3) is 0 Å². The lowest BCUT2D eigenvalue weighted by molar-refractivity contribution is 0.0934. The van der Waals surface area contributed by atoms with Gasteiger partial charge in [0.05, 0.1) is 5.56 Å². The lowest BCUT2D eigenvalue weighted by atomic mass is 9.88. The van der Waals surface area contributed by atoms with E-state index in [9.17, 15) is 4.79 Å². The minimum Gasteiger partial charge on any atom is -0.349 e. The van der Waals surface area contributed by atoms with Gasteiger partial charge < -0.3 is 10.7 Å². The van der Waals surface area contributed by atoms with Crippen molar-refractivity contribution in [2.24, 2.45) is 5.84 Å². The zero-order valence-corrected chi connectivity index (χ0v) is 11.7. The van der Waals surface area contributed by atoms with E-state index in [1.165, 1.54) is 11.1 Å². The average molecular weight is 282 g/mol. The lowest BCUT2D eigenvalue weighted by Gasteiger charge is -2.25. The van der Waals surface area contributed by atoms with Gasteiger partial charge >= 0.3 is 0 Å². The van der Waals surface area contributed by atoms with E-state index in [1.807, 2.05) is 6.07 Å². The zero-order valence-electron chi connectivity index (χ0n) is 11.7. The van der Waals surface area contributed by atoms with Gasteiger partial charge in [0, 0.05) is 12.2 Å². The van der Waals surface area contributed by atoms with Gasteiger partial charge in [0.25, 0.3) is 5.91 Å². The number of aryl methyl sites for hydroxylation is 1. The van der Waals surface area contributed by atoms with E-state index in [0.29, 0.717) is 11.4 Å². The standard InChI is InChI=1S/C16H18N4O/c17-20-15-14(6-3-9-18-15)16(21)19-13-8-7-11-4-1-2-5-12(11)10-13/h1-6,9,13H,7-8,10,17H2,(H,18,20)(H,19,21). The lowest BCUT2D eigenvalue weighted by Crippen LogP contribution is -2.39. The summed E-state index contributed by atoms with van der Waals surface area (Å²) in [5.74, 6) is 5.65. The molecular formula is C16H18N4O. The molecule has 0 saturated carbocycles. The van der Waals surface area contributed by atoms with Gasteiger partial charge in [0.15, 0.2) is 5.82 Å². The number of hydrogen-bond acceptors (Lipinski definition) is 4. The predicted molar refractivity (Wildman–Crippen MR) is 81.8 cm³/mol. The molecule has 1 heterocycles. The molecule has 108 valence electrons. The number of nitrogen functional groups attached to an aromatic ring is 1. The van der Waals surface area contributed by atoms with Gasteiger partial charge in [-0.3, -0.25) is 4.79 Å². The smallest absolute Gasteiger partial charge is 0.255 e. The zero-order chi connectivity index (χ0) is 14.7. The van der Waals surface area contributed by atoms with E-state index in [4.69, 9.17) is 5.84 Å². The van der Waals surface area contributed by atoms with E-state index >= 15 is 0 Å². The summed E-state index contributed by atoms with van der Waals surface area (Å²) in [6.07, 6.45) is 4.42. The molecule has 1 aromatic heterocycles. The second-order valence-electron chi connectivity index (χ2n) is 5.23. The number of carbonyl (C=O) groups excluding carboxylic acids is 1. The first-order chi connectivity index (χ1) is 10.3. The molecule has 1 aromatic carbocycles. The topological polar surface area (TPSA) is 80.0 Å². The van der Waals surface area contributed by atoms with Gasteiger partial charge in [0.1, 0.15) is 0 Å². The first-order valence-electron chi connectivity index (χ1n) is 7.07. The van der Waals surface area contributed by atoms with E-state index in [0.717, 1.165) is 19.3 Å². The molecule has 4 N–H and O–H groups in total. The Bertz CT molecular complexity index is 656. The molecule has 1 amide bonds. The van der Waals surface area contributed by atoms with Gasteiger partial charge in [-0.05, 0) is 42.5 Å². The summed E-state index contributed by atoms with van der Waals surface area (Å²) in [6, 6.07) is 12.0. The molecule has 0 bridgehead atoms. The van der Waals surface area contributed by atoms with E-state index in [2.05, 4.69) is 33.9 Å². The Labute approximate surface area is 123 Å². The number of aromatic nitrogens is 1. The van der Waals surface area contributed by atoms with Crippen LogP contribution in [0.15, 0.2) is 42.6 Å². The quantitative estimate of drug-likeness (QED) is 0.591. The summed E-state index contributed by atoms with van der Waals surface area (Å²) in [5.41, 5.74) is 5.63. The van der Waals surface area contributed by atoms with E-state index in [-0.39, 0.29) is 11.9 Å². The fraction of sp³-hybridized carbons (Fsp3) is 0.250. The van der Waals surface area contributed by atoms with Crippen molar-refractivity contribution in [3.8, 4) is 0 Å². The van der Waals surface area contributed by atoms with Crippen LogP contribution < -0.4 is 16.6 Å². The van der Waals surface area contributed by atoms with Crippen molar-refractivity contribution >= 4 is 11.7 Å². The second-order valence-corrected chi connectivity index (χ2v) is 5.23. The first kappa shape index (κ1) is 13.6. The van der Waals surface area contributed by atoms with Crippen LogP contribution in [0.1, 0.15) is 27.9 Å². The van der Waals surface area contributed by atoms with E-state index in [1.54, 1.807) is 18.3 Å². The van der Waals surface area contributed by atoms with Crippen molar-refractivity contribution < 1.29 is 4.79 Å². The maximum Gasteiger partial charge on any atom is 0.255 e. The minimum atomic E-state index is -0.138. The Kier molecular flexibility index (Phi) is 3.83. The maximum atomic E-state index is 12.4. The largest absolute Gasteiger partial charge is 0.349 e. The molecule has 0 spiro atoms. The maximum absolute atomic E-state index is 12.4. The summed E-state index contributed by atoms with van der Waals surface area (Å²) in [6.45, 7) is 0. The fourth-order valence-electron chi connectivity index (χ4n) is 2.79. The molecule has 0 fully saturated rings. The molecule has 5 nitrogen and oxygen atoms in total. The number of benzene rings is 1. The summed E-state index contributed by atoms with van der Waals surface area (Å²) >= 11 is 0. The van der Waals surface area contributed by atoms with Crippen LogP contribution in [-0.4, -0.2) is 16.9 Å². The molecule has 1 aliphatic carbocycles. The third kappa shape index (κ3) is 2.87. The van der Waals surface area contributed by atoms with Crippen LogP contribution in [0.5, 0.6) is 0 Å². The monoisotopic (exact) mass is 282 g/mol. The van der Waals surface area contributed by atoms with Crippen LogP contribution in [0, 0.1) is 0 Å². The third-order valence-corrected chi connectivity index (χ3v) is 3.87. The van der Waals surface area contributed by atoms with E-state index < -0.39 is 0 Å². The second kappa shape index (κ2) is 5.93. The molecule has 3 rings (SSSR count). The molecule has 1 aliphatic rings. The number of rotatable bonds is 3. The van der Waals surface area contributed by atoms with Crippen LogP contribution in [0.2, 0.25) is 0 Å². The highest BCUT2D eigenvalue weighted by Gasteiger charge is 2.21. The highest BCUT2D eigenvalue weighted by molar-refractivity contribution is 5.98. The molecule has 0 saturated heterocycles. The number of pyridine rings is 1. The van der Waals surface area contributed by atoms with Gasteiger partial charge in [0.2, 0.25) is 0 Å². The molecular weight excluding hydrogens is 264 g/mol. The number of anilines is 1. The average Bonchev–Trinajstić information content (AvgIpc) is 2.54. The summed E-state index contributed by atoms with van der Waals surface area (Å²) < 4.78 is 0. The molecule has 1 atom stereocenters. The molecule has 5 heteroatoms. The summed E-state index contributed by atoms with van der Waals surface area (Å²) in [4.78, 5) is 16.4. The third-order valence-electron chi connectivity index (χ3n) is 3.87. The van der Waals surface area contributed by atoms with Gasteiger partial charge in [-0.15, -0.1) is 0 Å². The van der Waals surface area contributed by atoms with Crippen LogP contribution in [0.3, 0.4) is 0 Å². The SMILES string of the molecule is NNc1ncccc1C(=O)NC1CCc2ccccc2C1. The fourth-order valence-corrected chi connectivity index (χ4v) is 2.79. The van der Waals surface area contributed by atoms with Gasteiger partial charge in [-0.1, -0.05) is 24.3 Å². The van der Waals surface area contributed by atoms with Crippen LogP contribution in [0.4, 0.5) is 5.82 Å². The Morgan fingerprint density at radius 3 is 2.81 bits per heavy atom. The number of carbonyl (C=O) groups is 1. The number of hydrazine groups is 1.